The molecule has 0 bridgehead atoms. The molecule has 1 aromatic heterocycles. The summed E-state index contributed by atoms with van der Waals surface area (Å²) >= 11 is 0. The molecule has 0 saturated carbocycles. The highest BCUT2D eigenvalue weighted by Gasteiger charge is 2.27. The molecule has 0 unspecified atom stereocenters. The van der Waals surface area contributed by atoms with Crippen LogP contribution in [-0.4, -0.2) is 55.9 Å². The lowest BCUT2D eigenvalue weighted by molar-refractivity contribution is -0.135. The van der Waals surface area contributed by atoms with Gasteiger partial charge in [-0.3, -0.25) is 4.79 Å². The van der Waals surface area contributed by atoms with Crippen molar-refractivity contribution in [1.82, 2.24) is 9.47 Å². The summed E-state index contributed by atoms with van der Waals surface area (Å²) in [5.41, 5.74) is 5.48. The molecule has 0 aliphatic carbocycles. The highest BCUT2D eigenvalue weighted by atomic mass is 16.5. The van der Waals surface area contributed by atoms with Gasteiger partial charge in [0.25, 0.3) is 0 Å². The number of fused-ring (bicyclic) bond motifs is 1. The van der Waals surface area contributed by atoms with E-state index in [-0.39, 0.29) is 11.8 Å². The largest absolute Gasteiger partial charge is 0.497 e. The van der Waals surface area contributed by atoms with Crippen molar-refractivity contribution in [2.45, 2.75) is 25.5 Å². The molecule has 1 saturated heterocycles. The van der Waals surface area contributed by atoms with E-state index in [1.165, 1.54) is 5.56 Å². The Balaban J connectivity index is 1.37. The molecule has 7 heteroatoms. The van der Waals surface area contributed by atoms with E-state index in [2.05, 4.69) is 53.2 Å². The maximum atomic E-state index is 13.7. The number of benzene rings is 4. The maximum absolute atomic E-state index is 13.7. The number of carbonyl (C=O) groups excluding carboxylic acids is 1. The van der Waals surface area contributed by atoms with Gasteiger partial charge in [0.15, 0.2) is 11.5 Å². The van der Waals surface area contributed by atoms with Crippen LogP contribution in [0.5, 0.6) is 17.2 Å². The van der Waals surface area contributed by atoms with Crippen molar-refractivity contribution >= 4 is 16.8 Å². The summed E-state index contributed by atoms with van der Waals surface area (Å²) in [7, 11) is 3.33. The minimum atomic E-state index is -0.190. The summed E-state index contributed by atoms with van der Waals surface area (Å²) in [5.74, 6) is 2.07. The van der Waals surface area contributed by atoms with Crippen molar-refractivity contribution in [2.75, 3.05) is 40.5 Å². The number of para-hydroxylation sites is 1. The normalized spacial score (nSPS) is 13.9. The second-order valence-corrected chi connectivity index (χ2v) is 11.0. The van der Waals surface area contributed by atoms with Gasteiger partial charge >= 0.3 is 0 Å². The number of carbonyl (C=O) groups is 1. The minimum absolute atomic E-state index is 0.119. The van der Waals surface area contributed by atoms with Crippen molar-refractivity contribution < 1.29 is 23.7 Å². The highest BCUT2D eigenvalue weighted by molar-refractivity contribution is 5.87. The fraction of sp³-hybridized carbons (Fsp3) is 0.270. The molecule has 1 fully saturated rings. The van der Waals surface area contributed by atoms with E-state index in [9.17, 15) is 4.79 Å². The van der Waals surface area contributed by atoms with Crippen LogP contribution < -0.4 is 14.2 Å². The van der Waals surface area contributed by atoms with Crippen LogP contribution in [0.25, 0.3) is 10.9 Å². The van der Waals surface area contributed by atoms with E-state index < -0.39 is 0 Å². The van der Waals surface area contributed by atoms with Crippen molar-refractivity contribution in [3.8, 4) is 17.2 Å². The molecule has 5 aromatic rings. The van der Waals surface area contributed by atoms with E-state index >= 15 is 0 Å². The van der Waals surface area contributed by atoms with Crippen LogP contribution in [0.2, 0.25) is 0 Å². The topological polar surface area (TPSA) is 62.2 Å². The summed E-state index contributed by atoms with van der Waals surface area (Å²) in [6.07, 6.45) is 2.54. The summed E-state index contributed by atoms with van der Waals surface area (Å²) in [4.78, 5) is 15.6. The number of hydrogen-bond acceptors (Lipinski definition) is 5. The van der Waals surface area contributed by atoms with Gasteiger partial charge < -0.3 is 28.4 Å². The number of nitrogens with zero attached hydrogens (tertiary/aromatic N) is 2. The van der Waals surface area contributed by atoms with Gasteiger partial charge in [-0.2, -0.15) is 0 Å². The van der Waals surface area contributed by atoms with Gasteiger partial charge in [-0.25, -0.2) is 0 Å². The predicted molar refractivity (Wildman–Crippen MR) is 172 cm³/mol. The monoisotopic (exact) mass is 590 g/mol. The lowest BCUT2D eigenvalue weighted by Gasteiger charge is -2.29. The van der Waals surface area contributed by atoms with Crippen molar-refractivity contribution in [2.24, 2.45) is 0 Å². The number of methoxy groups -OCH3 is 2. The molecule has 1 aliphatic heterocycles. The van der Waals surface area contributed by atoms with Gasteiger partial charge in [-0.05, 0) is 52.6 Å². The number of rotatable bonds is 11. The summed E-state index contributed by atoms with van der Waals surface area (Å²) < 4.78 is 25.1. The molecular weight excluding hydrogens is 552 g/mol. The first-order valence-electron chi connectivity index (χ1n) is 15.0. The van der Waals surface area contributed by atoms with E-state index in [1.807, 2.05) is 59.5 Å². The van der Waals surface area contributed by atoms with Crippen LogP contribution in [0.15, 0.2) is 103 Å². The molecule has 1 atom stereocenters. The van der Waals surface area contributed by atoms with E-state index in [1.54, 1.807) is 14.2 Å². The molecule has 7 nitrogen and oxygen atoms in total. The van der Waals surface area contributed by atoms with Gasteiger partial charge in [0.05, 0.1) is 27.4 Å². The fourth-order valence-electron chi connectivity index (χ4n) is 5.89. The van der Waals surface area contributed by atoms with Crippen LogP contribution in [-0.2, 0) is 22.7 Å². The predicted octanol–water partition coefficient (Wildman–Crippen LogP) is 6.67. The first-order chi connectivity index (χ1) is 21.6. The molecule has 44 heavy (non-hydrogen) atoms. The first-order valence-corrected chi connectivity index (χ1v) is 15.0. The molecule has 2 heterocycles. The van der Waals surface area contributed by atoms with Gasteiger partial charge in [-0.15, -0.1) is 0 Å². The first kappa shape index (κ1) is 29.3. The van der Waals surface area contributed by atoms with Crippen LogP contribution in [0.3, 0.4) is 0 Å². The van der Waals surface area contributed by atoms with Crippen LogP contribution in [0.4, 0.5) is 0 Å². The van der Waals surface area contributed by atoms with Gasteiger partial charge in [0, 0.05) is 49.1 Å². The van der Waals surface area contributed by atoms with E-state index in [0.717, 1.165) is 33.3 Å². The van der Waals surface area contributed by atoms with Crippen molar-refractivity contribution in [3.05, 3.63) is 126 Å². The van der Waals surface area contributed by atoms with E-state index in [4.69, 9.17) is 18.9 Å². The summed E-state index contributed by atoms with van der Waals surface area (Å²) in [6.45, 7) is 3.50. The number of hydrogen-bond donors (Lipinski definition) is 0. The molecule has 0 N–H and O–H groups in total. The molecule has 1 amide bonds. The Morgan fingerprint density at radius 1 is 0.818 bits per heavy atom. The molecule has 226 valence electrons. The van der Waals surface area contributed by atoms with E-state index in [0.29, 0.717) is 57.4 Å². The smallest absolute Gasteiger partial charge is 0.223 e. The zero-order valence-corrected chi connectivity index (χ0v) is 25.3. The average molecular weight is 591 g/mol. The Kier molecular flexibility index (Phi) is 9.13. The highest BCUT2D eigenvalue weighted by Crippen LogP contribution is 2.39. The quantitative estimate of drug-likeness (QED) is 0.172. The zero-order valence-electron chi connectivity index (χ0n) is 25.3. The van der Waals surface area contributed by atoms with Crippen LogP contribution in [0.1, 0.15) is 34.6 Å². The third-order valence-electron chi connectivity index (χ3n) is 8.28. The lowest BCUT2D eigenvalue weighted by atomic mass is 9.87. The van der Waals surface area contributed by atoms with Gasteiger partial charge in [0.1, 0.15) is 12.4 Å². The number of amides is 1. The molecule has 0 spiro atoms. The third-order valence-corrected chi connectivity index (χ3v) is 8.28. The summed E-state index contributed by atoms with van der Waals surface area (Å²) in [6, 6.07) is 32.7. The second kappa shape index (κ2) is 13.7. The maximum Gasteiger partial charge on any atom is 0.223 e. The number of morpholine rings is 1. The Labute approximate surface area is 258 Å². The Hall–Kier alpha value is -4.75. The van der Waals surface area contributed by atoms with Gasteiger partial charge in [-0.1, -0.05) is 66.7 Å². The fourth-order valence-corrected chi connectivity index (χ4v) is 5.89. The molecular formula is C37H38N2O5. The Bertz CT molecular complexity index is 1690. The van der Waals surface area contributed by atoms with Crippen LogP contribution in [0, 0.1) is 0 Å². The average Bonchev–Trinajstić information content (AvgIpc) is 3.45. The molecule has 1 aliphatic rings. The molecule has 6 rings (SSSR count). The second-order valence-electron chi connectivity index (χ2n) is 11.0. The van der Waals surface area contributed by atoms with Crippen LogP contribution >= 0.6 is 0 Å². The minimum Gasteiger partial charge on any atom is -0.497 e. The third kappa shape index (κ3) is 6.58. The standard InChI is InChI=1S/C37H38N2O5/c1-41-30-15-12-27(13-16-30)24-39-25-33(31-10-6-7-11-34(31)39)32(23-37(40)38-18-20-43-21-19-38)29-14-17-35(36(22-29)42-2)44-26-28-8-4-3-5-9-28/h3-17,22,25,32H,18-21,23-24,26H2,1-2H3/t32-/m1/s1. The zero-order chi connectivity index (χ0) is 30.3. The number of ether oxygens (including phenoxy) is 4. The Morgan fingerprint density at radius 3 is 2.32 bits per heavy atom. The van der Waals surface area contributed by atoms with Gasteiger partial charge in [0.2, 0.25) is 5.91 Å². The summed E-state index contributed by atoms with van der Waals surface area (Å²) in [5, 5.41) is 1.13. The molecule has 4 aromatic carbocycles. The van der Waals surface area contributed by atoms with Crippen molar-refractivity contribution in [3.63, 3.8) is 0 Å². The number of aromatic nitrogens is 1. The lowest BCUT2D eigenvalue weighted by Crippen LogP contribution is -2.41. The molecule has 0 radical (unpaired) electrons. The Morgan fingerprint density at radius 2 is 1.57 bits per heavy atom. The SMILES string of the molecule is COc1ccc(Cn2cc([C@H](CC(=O)N3CCOCC3)c3ccc(OCc4ccccc4)c(OC)c3)c3ccccc32)cc1. The van der Waals surface area contributed by atoms with Crippen molar-refractivity contribution in [1.29, 1.82) is 0 Å².